The zero-order valence-electron chi connectivity index (χ0n) is 12.5. The Morgan fingerprint density at radius 2 is 1.71 bits per heavy atom. The molecule has 1 aromatic carbocycles. The molecule has 0 unspecified atom stereocenters. The van der Waals surface area contributed by atoms with E-state index >= 15 is 0 Å². The van der Waals surface area contributed by atoms with Crippen LogP contribution in [0.3, 0.4) is 0 Å². The van der Waals surface area contributed by atoms with Gasteiger partial charge in [0.15, 0.2) is 0 Å². The first-order valence-electron chi connectivity index (χ1n) is 6.38. The van der Waals surface area contributed by atoms with Gasteiger partial charge in [0.2, 0.25) is 0 Å². The number of nitrogens with zero attached hydrogens (tertiary/aromatic N) is 1. The number of carbonyl (C=O) groups excluding carboxylic acids is 1. The molecule has 0 aliphatic heterocycles. The van der Waals surface area contributed by atoms with Crippen molar-refractivity contribution in [1.82, 2.24) is 0 Å². The van der Waals surface area contributed by atoms with Crippen LogP contribution in [0.15, 0.2) is 24.3 Å². The minimum atomic E-state index is 0. The van der Waals surface area contributed by atoms with Crippen LogP contribution in [0, 0.1) is 0 Å². The summed E-state index contributed by atoms with van der Waals surface area (Å²) in [4.78, 5) is 13.9. The van der Waals surface area contributed by atoms with E-state index in [1.54, 1.807) is 0 Å². The third kappa shape index (κ3) is 8.84. The molecule has 21 heavy (non-hydrogen) atoms. The van der Waals surface area contributed by atoms with Gasteiger partial charge in [-0.1, -0.05) is 0 Å². The fourth-order valence-electron chi connectivity index (χ4n) is 1.75. The maximum absolute atomic E-state index is 12.1. The summed E-state index contributed by atoms with van der Waals surface area (Å²) >= 11 is 2.05. The number of benzene rings is 1. The Hall–Kier alpha value is -0.927. The molecule has 0 fully saturated rings. The second-order valence-electron chi connectivity index (χ2n) is 3.99. The van der Waals surface area contributed by atoms with Gasteiger partial charge in [-0.2, -0.15) is 0 Å². The monoisotopic (exact) mass is 359 g/mol. The van der Waals surface area contributed by atoms with Crippen molar-refractivity contribution in [2.24, 2.45) is 0 Å². The predicted molar refractivity (Wildman–Crippen MR) is 81.4 cm³/mol. The Bertz CT molecular complexity index is 372. The van der Waals surface area contributed by atoms with Crippen molar-refractivity contribution in [3.05, 3.63) is 24.3 Å². The van der Waals surface area contributed by atoms with Crippen molar-refractivity contribution in [1.29, 1.82) is 0 Å². The Balaban J connectivity index is -0.00000108. The van der Waals surface area contributed by atoms with Gasteiger partial charge in [0.05, 0.1) is 0 Å². The normalized spacial score (nSPS) is 8.95. The van der Waals surface area contributed by atoms with Crippen LogP contribution in [0.1, 0.15) is 26.7 Å². The molecule has 3 N–H and O–H groups in total. The quantitative estimate of drug-likeness (QED) is 0.534. The minimum Gasteiger partial charge on any atom is -0.870 e. The maximum atomic E-state index is 12.1. The van der Waals surface area contributed by atoms with Crippen molar-refractivity contribution in [2.45, 2.75) is 26.7 Å². The molecule has 0 saturated heterocycles. The zero-order valence-corrected chi connectivity index (χ0v) is 14.5. The molecule has 1 rings (SSSR count). The molecule has 0 spiro atoms. The summed E-state index contributed by atoms with van der Waals surface area (Å²) in [5.74, 6) is 0.168. The van der Waals surface area contributed by atoms with Gasteiger partial charge in [-0.15, -0.1) is 0 Å². The summed E-state index contributed by atoms with van der Waals surface area (Å²) in [6.45, 7) is 6.04. The van der Waals surface area contributed by atoms with E-state index in [2.05, 4.69) is 0 Å². The Kier molecular flexibility index (Phi) is 16.7. The first kappa shape index (κ1) is 25.1. The first-order valence-corrected chi connectivity index (χ1v) is 7.43. The molecule has 0 atom stereocenters. The van der Waals surface area contributed by atoms with E-state index in [-0.39, 0.29) is 22.3 Å². The molecule has 0 radical (unpaired) electrons. The van der Waals surface area contributed by atoms with Crippen molar-refractivity contribution in [2.75, 3.05) is 24.7 Å². The number of hydrogen-bond acceptors (Lipinski definition) is 5. The van der Waals surface area contributed by atoms with Crippen molar-refractivity contribution < 1.29 is 26.0 Å². The summed E-state index contributed by atoms with van der Waals surface area (Å²) in [5.41, 5.74) is 0.976. The largest absolute Gasteiger partial charge is 0.870 e. The van der Waals surface area contributed by atoms with Crippen molar-refractivity contribution in [3.63, 3.8) is 0 Å². The average molecular weight is 358 g/mol. The van der Waals surface area contributed by atoms with Gasteiger partial charge in [0.1, 0.15) is 0 Å². The summed E-state index contributed by atoms with van der Waals surface area (Å²) < 4.78 is 6.46. The van der Waals surface area contributed by atoms with Gasteiger partial charge in [-0.25, -0.2) is 0 Å². The fourth-order valence-corrected chi connectivity index (χ4v) is 2.10. The molecule has 0 aromatic heterocycles. The summed E-state index contributed by atoms with van der Waals surface area (Å²) in [6, 6.07) is 8.06. The summed E-state index contributed by atoms with van der Waals surface area (Å²) in [6.07, 6.45) is 1.33. The zero-order chi connectivity index (χ0) is 13.4. The van der Waals surface area contributed by atoms with Crippen molar-refractivity contribution >= 4 is 32.5 Å². The summed E-state index contributed by atoms with van der Waals surface area (Å²) in [7, 11) is 0. The van der Waals surface area contributed by atoms with Crippen LogP contribution >= 0.6 is 0 Å². The van der Waals surface area contributed by atoms with E-state index in [1.165, 1.54) is 4.40 Å². The van der Waals surface area contributed by atoms with E-state index in [1.807, 2.05) is 59.5 Å². The number of anilines is 1. The van der Waals surface area contributed by atoms with Crippen LogP contribution in [0.4, 0.5) is 5.69 Å². The van der Waals surface area contributed by atoms with Crippen LogP contribution in [0.5, 0.6) is 0 Å². The van der Waals surface area contributed by atoms with E-state index in [4.69, 9.17) is 4.74 Å². The average Bonchev–Trinajstić information content (AvgIpc) is 2.38. The van der Waals surface area contributed by atoms with Crippen LogP contribution < -0.4 is 9.30 Å². The Morgan fingerprint density at radius 3 is 2.19 bits per heavy atom. The van der Waals surface area contributed by atoms with Crippen molar-refractivity contribution in [3.8, 4) is 0 Å². The fraction of sp³-hybridized carbons (Fsp3) is 0.500. The topological polar surface area (TPSA) is 120 Å². The SMILES string of the molecule is CCOCCCC(=O)N(CC)c1cc[c]([Ge+3])cc1.[OH-].[OH-].[OH-]. The molecule has 7 heteroatoms. The van der Waals surface area contributed by atoms with Gasteiger partial charge in [0.25, 0.3) is 0 Å². The second kappa shape index (κ2) is 14.0. The number of amides is 1. The van der Waals surface area contributed by atoms with Crippen LogP contribution in [-0.2, 0) is 9.53 Å². The molecule has 0 aliphatic rings. The third-order valence-electron chi connectivity index (χ3n) is 2.68. The number of rotatable bonds is 7. The molecular weight excluding hydrogens is 335 g/mol. The van der Waals surface area contributed by atoms with E-state index < -0.39 is 0 Å². The molecule has 1 amide bonds. The first-order chi connectivity index (χ1) is 8.69. The van der Waals surface area contributed by atoms with E-state index in [0.717, 1.165) is 12.1 Å². The molecule has 0 heterocycles. The number of carbonyl (C=O) groups is 1. The minimum absolute atomic E-state index is 0. The molecule has 6 nitrogen and oxygen atoms in total. The Labute approximate surface area is 134 Å². The Morgan fingerprint density at radius 1 is 1.14 bits per heavy atom. The van der Waals surface area contributed by atoms with E-state index in [0.29, 0.717) is 26.2 Å². The van der Waals surface area contributed by atoms with Gasteiger partial charge in [-0.05, 0) is 0 Å². The van der Waals surface area contributed by atoms with Gasteiger partial charge < -0.3 is 16.4 Å². The molecular formula is C14H23GeNO5. The van der Waals surface area contributed by atoms with Crippen LogP contribution in [0.25, 0.3) is 0 Å². The predicted octanol–water partition coefficient (Wildman–Crippen LogP) is 1.12. The van der Waals surface area contributed by atoms with E-state index in [9.17, 15) is 4.79 Å². The molecule has 0 aliphatic carbocycles. The van der Waals surface area contributed by atoms with Gasteiger partial charge >= 0.3 is 118 Å². The molecule has 118 valence electrons. The third-order valence-corrected chi connectivity index (χ3v) is 3.38. The molecule has 1 aromatic rings. The van der Waals surface area contributed by atoms with Crippen LogP contribution in [0.2, 0.25) is 0 Å². The van der Waals surface area contributed by atoms with Gasteiger partial charge in [-0.3, -0.25) is 0 Å². The molecule has 0 bridgehead atoms. The second-order valence-corrected chi connectivity index (χ2v) is 5.20. The standard InChI is InChI=1S/C14H20GeNO2.3H2O/c1-3-16(13-9-7-12(15)8-10-13)14(17)6-5-11-18-4-2;;;/h7-10H,3-6,11H2,1-2H3;3*1H2/q+3;;;/p-3. The van der Waals surface area contributed by atoms with Gasteiger partial charge in [0, 0.05) is 0 Å². The van der Waals surface area contributed by atoms with Crippen LogP contribution in [-0.4, -0.2) is 58.6 Å². The molecule has 0 saturated carbocycles. The smallest absolute Gasteiger partial charge is 0.870 e. The summed E-state index contributed by atoms with van der Waals surface area (Å²) in [5, 5.41) is 0. The number of ether oxygens (including phenoxy) is 1. The number of hydrogen-bond donors (Lipinski definition) is 0. The maximum Gasteiger partial charge on any atom is -0.870 e.